The van der Waals surface area contributed by atoms with Gasteiger partial charge in [-0.15, -0.1) is 0 Å². The zero-order valence-electron chi connectivity index (χ0n) is 12.8. The van der Waals surface area contributed by atoms with E-state index in [0.717, 1.165) is 11.3 Å². The second-order valence-corrected chi connectivity index (χ2v) is 5.10. The van der Waals surface area contributed by atoms with Crippen molar-refractivity contribution < 1.29 is 23.8 Å². The van der Waals surface area contributed by atoms with E-state index in [1.54, 1.807) is 32.2 Å². The van der Waals surface area contributed by atoms with Crippen molar-refractivity contribution in [1.82, 2.24) is 0 Å². The van der Waals surface area contributed by atoms with Gasteiger partial charge in [-0.3, -0.25) is 0 Å². The number of benzene rings is 2. The van der Waals surface area contributed by atoms with Crippen molar-refractivity contribution in [1.29, 1.82) is 0 Å². The first-order chi connectivity index (χ1) is 11.1. The summed E-state index contributed by atoms with van der Waals surface area (Å²) < 4.78 is 16.4. The van der Waals surface area contributed by atoms with Gasteiger partial charge in [-0.25, -0.2) is 4.79 Å². The van der Waals surface area contributed by atoms with Crippen LogP contribution in [0.2, 0.25) is 0 Å². The fourth-order valence-corrected chi connectivity index (χ4v) is 2.50. The lowest BCUT2D eigenvalue weighted by Crippen LogP contribution is -2.00. The highest BCUT2D eigenvalue weighted by molar-refractivity contribution is 6.06. The normalized spacial score (nSPS) is 10.7. The summed E-state index contributed by atoms with van der Waals surface area (Å²) in [6, 6.07) is 12.8. The molecule has 118 valence electrons. The van der Waals surface area contributed by atoms with Crippen molar-refractivity contribution in [3.8, 4) is 11.5 Å². The molecular formula is C18H16O5. The van der Waals surface area contributed by atoms with Crippen LogP contribution in [0.3, 0.4) is 0 Å². The minimum atomic E-state index is -1.03. The van der Waals surface area contributed by atoms with Crippen LogP contribution in [-0.4, -0.2) is 18.2 Å². The average Bonchev–Trinajstić information content (AvgIpc) is 2.90. The molecule has 0 fully saturated rings. The number of rotatable bonds is 5. The molecule has 1 heterocycles. The molecule has 0 amide bonds. The molecule has 0 radical (unpaired) electrons. The van der Waals surface area contributed by atoms with Crippen LogP contribution in [0.1, 0.15) is 21.7 Å². The van der Waals surface area contributed by atoms with Gasteiger partial charge < -0.3 is 19.0 Å². The number of carboxylic acids is 1. The standard InChI is InChI=1S/C18H16O5/c1-11-16(18(19)20)17-14(4-3-5-15(17)23-11)22-10-12-6-8-13(21-2)9-7-12/h3-9H,10H2,1-2H3,(H,19,20). The Labute approximate surface area is 133 Å². The van der Waals surface area contributed by atoms with Crippen molar-refractivity contribution in [3.63, 3.8) is 0 Å². The van der Waals surface area contributed by atoms with E-state index < -0.39 is 5.97 Å². The number of furan rings is 1. The lowest BCUT2D eigenvalue weighted by Gasteiger charge is -2.08. The molecule has 2 aromatic carbocycles. The number of hydrogen-bond donors (Lipinski definition) is 1. The van der Waals surface area contributed by atoms with Crippen LogP contribution in [0.25, 0.3) is 11.0 Å². The third kappa shape index (κ3) is 2.85. The van der Waals surface area contributed by atoms with Gasteiger partial charge in [-0.2, -0.15) is 0 Å². The van der Waals surface area contributed by atoms with Crippen LogP contribution in [0.4, 0.5) is 0 Å². The van der Waals surface area contributed by atoms with E-state index in [0.29, 0.717) is 29.1 Å². The average molecular weight is 312 g/mol. The molecule has 3 rings (SSSR count). The predicted octanol–water partition coefficient (Wildman–Crippen LogP) is 4.03. The fraction of sp³-hybridized carbons (Fsp3) is 0.167. The molecule has 5 nitrogen and oxygen atoms in total. The summed E-state index contributed by atoms with van der Waals surface area (Å²) in [7, 11) is 1.61. The number of carbonyl (C=O) groups is 1. The minimum Gasteiger partial charge on any atom is -0.497 e. The van der Waals surface area contributed by atoms with Crippen LogP contribution >= 0.6 is 0 Å². The van der Waals surface area contributed by atoms with Crippen molar-refractivity contribution in [3.05, 3.63) is 59.4 Å². The fourth-order valence-electron chi connectivity index (χ4n) is 2.50. The first-order valence-corrected chi connectivity index (χ1v) is 7.11. The van der Waals surface area contributed by atoms with E-state index in [-0.39, 0.29) is 5.56 Å². The van der Waals surface area contributed by atoms with Gasteiger partial charge in [-0.1, -0.05) is 18.2 Å². The maximum atomic E-state index is 11.5. The number of ether oxygens (including phenoxy) is 2. The number of carboxylic acid groups (broad SMARTS) is 1. The number of hydrogen-bond acceptors (Lipinski definition) is 4. The topological polar surface area (TPSA) is 68.9 Å². The number of aromatic carboxylic acids is 1. The lowest BCUT2D eigenvalue weighted by atomic mass is 10.1. The zero-order valence-corrected chi connectivity index (χ0v) is 12.8. The summed E-state index contributed by atoms with van der Waals surface area (Å²) in [6.45, 7) is 1.96. The molecule has 23 heavy (non-hydrogen) atoms. The van der Waals surface area contributed by atoms with Gasteiger partial charge in [-0.05, 0) is 36.8 Å². The maximum absolute atomic E-state index is 11.5. The highest BCUT2D eigenvalue weighted by Gasteiger charge is 2.20. The van der Waals surface area contributed by atoms with Crippen LogP contribution in [0.15, 0.2) is 46.9 Å². The van der Waals surface area contributed by atoms with Gasteiger partial charge in [0.05, 0.1) is 12.5 Å². The molecule has 0 aliphatic heterocycles. The van der Waals surface area contributed by atoms with Gasteiger partial charge in [0.25, 0.3) is 0 Å². The Morgan fingerprint density at radius 3 is 2.57 bits per heavy atom. The summed E-state index contributed by atoms with van der Waals surface area (Å²) >= 11 is 0. The maximum Gasteiger partial charge on any atom is 0.340 e. The van der Waals surface area contributed by atoms with E-state index in [2.05, 4.69) is 0 Å². The Hall–Kier alpha value is -2.95. The van der Waals surface area contributed by atoms with E-state index in [1.807, 2.05) is 24.3 Å². The molecule has 1 N–H and O–H groups in total. The van der Waals surface area contributed by atoms with E-state index in [4.69, 9.17) is 13.9 Å². The smallest absolute Gasteiger partial charge is 0.340 e. The van der Waals surface area contributed by atoms with Crippen molar-refractivity contribution >= 4 is 16.9 Å². The molecule has 0 aliphatic carbocycles. The first kappa shape index (κ1) is 15.0. The molecule has 0 atom stereocenters. The highest BCUT2D eigenvalue weighted by atomic mass is 16.5. The third-order valence-corrected chi connectivity index (χ3v) is 3.62. The lowest BCUT2D eigenvalue weighted by molar-refractivity contribution is 0.0696. The minimum absolute atomic E-state index is 0.144. The summed E-state index contributed by atoms with van der Waals surface area (Å²) in [5, 5.41) is 9.88. The van der Waals surface area contributed by atoms with Gasteiger partial charge in [0.1, 0.15) is 35.0 Å². The number of methoxy groups -OCH3 is 1. The van der Waals surface area contributed by atoms with E-state index in [9.17, 15) is 9.90 Å². The Balaban J connectivity index is 1.91. The molecule has 0 aliphatic rings. The molecule has 5 heteroatoms. The monoisotopic (exact) mass is 312 g/mol. The molecule has 1 aromatic heterocycles. The SMILES string of the molecule is COc1ccc(COc2cccc3oc(C)c(C(=O)O)c23)cc1. The highest BCUT2D eigenvalue weighted by Crippen LogP contribution is 2.33. The van der Waals surface area contributed by atoms with Gasteiger partial charge in [0.15, 0.2) is 0 Å². The number of aryl methyl sites for hydroxylation is 1. The van der Waals surface area contributed by atoms with Gasteiger partial charge >= 0.3 is 5.97 Å². The molecule has 0 bridgehead atoms. The molecule has 0 spiro atoms. The third-order valence-electron chi connectivity index (χ3n) is 3.62. The summed E-state index contributed by atoms with van der Waals surface area (Å²) in [6.07, 6.45) is 0. The Bertz CT molecular complexity index is 846. The molecule has 0 saturated heterocycles. The quantitative estimate of drug-likeness (QED) is 0.770. The second kappa shape index (κ2) is 6.04. The van der Waals surface area contributed by atoms with E-state index in [1.165, 1.54) is 0 Å². The number of fused-ring (bicyclic) bond motifs is 1. The molecule has 0 saturated carbocycles. The van der Waals surface area contributed by atoms with Crippen molar-refractivity contribution in [2.24, 2.45) is 0 Å². The van der Waals surface area contributed by atoms with Gasteiger partial charge in [0.2, 0.25) is 0 Å². The summed E-state index contributed by atoms with van der Waals surface area (Å²) in [5.74, 6) is 0.608. The summed E-state index contributed by atoms with van der Waals surface area (Å²) in [4.78, 5) is 11.5. The Morgan fingerprint density at radius 2 is 1.91 bits per heavy atom. The van der Waals surface area contributed by atoms with E-state index >= 15 is 0 Å². The second-order valence-electron chi connectivity index (χ2n) is 5.10. The van der Waals surface area contributed by atoms with Crippen LogP contribution in [0, 0.1) is 6.92 Å². The summed E-state index contributed by atoms with van der Waals surface area (Å²) in [5.41, 5.74) is 1.61. The molecule has 0 unspecified atom stereocenters. The van der Waals surface area contributed by atoms with Gasteiger partial charge in [0, 0.05) is 0 Å². The van der Waals surface area contributed by atoms with Crippen LogP contribution in [-0.2, 0) is 6.61 Å². The largest absolute Gasteiger partial charge is 0.497 e. The molecule has 3 aromatic rings. The Morgan fingerprint density at radius 1 is 1.17 bits per heavy atom. The van der Waals surface area contributed by atoms with Crippen molar-refractivity contribution in [2.75, 3.05) is 7.11 Å². The predicted molar refractivity (Wildman–Crippen MR) is 85.2 cm³/mol. The molecular weight excluding hydrogens is 296 g/mol. The first-order valence-electron chi connectivity index (χ1n) is 7.11. The van der Waals surface area contributed by atoms with Crippen LogP contribution < -0.4 is 9.47 Å². The zero-order chi connectivity index (χ0) is 16.4. The van der Waals surface area contributed by atoms with Crippen molar-refractivity contribution in [2.45, 2.75) is 13.5 Å². The Kier molecular flexibility index (Phi) is 3.93. The van der Waals surface area contributed by atoms with Crippen LogP contribution in [0.5, 0.6) is 11.5 Å².